The summed E-state index contributed by atoms with van der Waals surface area (Å²) in [5, 5.41) is 8.70. The van der Waals surface area contributed by atoms with E-state index in [4.69, 9.17) is 16.3 Å². The van der Waals surface area contributed by atoms with Crippen molar-refractivity contribution < 1.29 is 36.7 Å². The third-order valence-corrected chi connectivity index (χ3v) is 8.02. The third-order valence-electron chi connectivity index (χ3n) is 7.78. The molecular weight excluding hydrogens is 644 g/mol. The minimum atomic E-state index is -4.22. The minimum absolute atomic E-state index is 0.0224. The minimum Gasteiger partial charge on any atom is -0.444 e. The van der Waals surface area contributed by atoms with E-state index in [0.29, 0.717) is 74.1 Å². The van der Waals surface area contributed by atoms with Gasteiger partial charge < -0.3 is 30.5 Å². The van der Waals surface area contributed by atoms with Crippen molar-refractivity contribution in [2.24, 2.45) is 0 Å². The molecule has 4 amide bonds. The van der Waals surface area contributed by atoms with Crippen molar-refractivity contribution in [3.63, 3.8) is 0 Å². The van der Waals surface area contributed by atoms with Gasteiger partial charge in [-0.15, -0.1) is 0 Å². The molecule has 2 aliphatic heterocycles. The van der Waals surface area contributed by atoms with Gasteiger partial charge in [-0.2, -0.15) is 13.2 Å². The number of carbonyl (C=O) groups is 3. The number of alkyl carbamates (subject to hydrolysis) is 1. The summed E-state index contributed by atoms with van der Waals surface area (Å²) < 4.78 is 58.3. The fraction of sp³-hybridized carbons (Fsp3) is 0.531. The first kappa shape index (κ1) is 36.1. The average Bonchev–Trinajstić information content (AvgIpc) is 2.98. The van der Waals surface area contributed by atoms with Crippen molar-refractivity contribution in [3.05, 3.63) is 58.4 Å². The molecular formula is C32H41ClF4N6O4. The molecule has 0 aromatic heterocycles. The van der Waals surface area contributed by atoms with E-state index < -0.39 is 36.0 Å². The quantitative estimate of drug-likeness (QED) is 0.295. The smallest absolute Gasteiger partial charge is 0.407 e. The molecule has 2 aromatic carbocycles. The van der Waals surface area contributed by atoms with Crippen LogP contribution in [-0.2, 0) is 11.3 Å². The highest BCUT2D eigenvalue weighted by atomic mass is 35.5. The second-order valence-electron chi connectivity index (χ2n) is 12.7. The standard InChI is InChI=1S/C32H41ClF4N6O4/c1-31(2,3)47-30(46)39-23-5-4-11-43(20-23)29(45)38-19-21-6-8-24(25(34)17-21)28(44)40-26-9-7-22(33)18-27(26)42-15-13-41(14-16-42)12-10-32(35,36)37/h6-9,17-18,23H,4-5,10-16,19-20H2,1-3H3,(H,38,45)(H,39,46)(H,40,44)/t23-/m0/s1. The zero-order valence-corrected chi connectivity index (χ0v) is 27.4. The van der Waals surface area contributed by atoms with Gasteiger partial charge in [-0.1, -0.05) is 17.7 Å². The van der Waals surface area contributed by atoms with Crippen LogP contribution in [0.4, 0.5) is 38.5 Å². The highest BCUT2D eigenvalue weighted by Crippen LogP contribution is 2.31. The van der Waals surface area contributed by atoms with Crippen LogP contribution in [0.3, 0.4) is 0 Å². The van der Waals surface area contributed by atoms with Crippen LogP contribution in [0.2, 0.25) is 5.02 Å². The number of rotatable bonds is 8. The SMILES string of the molecule is CC(C)(C)OC(=O)N[C@H]1CCCN(C(=O)NCc2ccc(C(=O)Nc3ccc(Cl)cc3N3CCN(CCC(F)(F)F)CC3)c(F)c2)C1. The Balaban J connectivity index is 1.31. The Bertz CT molecular complexity index is 1430. The number of urea groups is 1. The monoisotopic (exact) mass is 684 g/mol. The van der Waals surface area contributed by atoms with Gasteiger partial charge in [-0.05, 0) is 69.5 Å². The van der Waals surface area contributed by atoms with Crippen molar-refractivity contribution in [2.45, 2.75) is 64.4 Å². The Morgan fingerprint density at radius 1 is 1.00 bits per heavy atom. The number of alkyl halides is 3. The zero-order chi connectivity index (χ0) is 34.4. The number of anilines is 2. The molecule has 15 heteroatoms. The molecule has 258 valence electrons. The van der Waals surface area contributed by atoms with Crippen LogP contribution in [-0.4, -0.2) is 91.5 Å². The van der Waals surface area contributed by atoms with Crippen LogP contribution in [0.1, 0.15) is 56.0 Å². The van der Waals surface area contributed by atoms with Gasteiger partial charge >= 0.3 is 18.3 Å². The van der Waals surface area contributed by atoms with Gasteiger partial charge in [0, 0.05) is 63.4 Å². The molecule has 2 fully saturated rings. The van der Waals surface area contributed by atoms with Crippen LogP contribution in [0.25, 0.3) is 0 Å². The molecule has 2 aromatic rings. The maximum atomic E-state index is 15.1. The topological polar surface area (TPSA) is 106 Å². The van der Waals surface area contributed by atoms with Crippen molar-refractivity contribution >= 4 is 41.0 Å². The number of nitrogens with zero attached hydrogens (tertiary/aromatic N) is 3. The van der Waals surface area contributed by atoms with E-state index in [1.165, 1.54) is 12.1 Å². The average molecular weight is 685 g/mol. The number of ether oxygens (including phenoxy) is 1. The number of hydrogen-bond acceptors (Lipinski definition) is 6. The molecule has 2 aliphatic rings. The Morgan fingerprint density at radius 3 is 2.38 bits per heavy atom. The summed E-state index contributed by atoms with van der Waals surface area (Å²) in [5.74, 6) is -1.47. The maximum Gasteiger partial charge on any atom is 0.407 e. The highest BCUT2D eigenvalue weighted by Gasteiger charge is 2.30. The molecule has 1 atom stereocenters. The molecule has 0 saturated carbocycles. The molecule has 10 nitrogen and oxygen atoms in total. The lowest BCUT2D eigenvalue weighted by Gasteiger charge is -2.37. The molecule has 47 heavy (non-hydrogen) atoms. The predicted octanol–water partition coefficient (Wildman–Crippen LogP) is 6.00. The molecule has 3 N–H and O–H groups in total. The number of piperidine rings is 1. The second kappa shape index (κ2) is 15.4. The van der Waals surface area contributed by atoms with Crippen molar-refractivity contribution in [1.29, 1.82) is 0 Å². The third kappa shape index (κ3) is 11.2. The van der Waals surface area contributed by atoms with Crippen LogP contribution in [0.5, 0.6) is 0 Å². The molecule has 0 aliphatic carbocycles. The number of benzene rings is 2. The van der Waals surface area contributed by atoms with Gasteiger partial charge in [0.05, 0.1) is 23.4 Å². The zero-order valence-electron chi connectivity index (χ0n) is 26.7. The summed E-state index contributed by atoms with van der Waals surface area (Å²) in [5.41, 5.74) is 0.582. The van der Waals surface area contributed by atoms with Crippen LogP contribution < -0.4 is 20.9 Å². The van der Waals surface area contributed by atoms with Crippen LogP contribution in [0, 0.1) is 5.82 Å². The number of likely N-dealkylation sites (tertiary alicyclic amines) is 1. The maximum absolute atomic E-state index is 15.1. The summed E-state index contributed by atoms with van der Waals surface area (Å²) in [6, 6.07) is 8.28. The molecule has 2 heterocycles. The van der Waals surface area contributed by atoms with Crippen molar-refractivity contribution in [1.82, 2.24) is 20.4 Å². The molecule has 0 unspecified atom stereocenters. The van der Waals surface area contributed by atoms with Crippen LogP contribution in [0.15, 0.2) is 36.4 Å². The summed E-state index contributed by atoms with van der Waals surface area (Å²) in [6.45, 7) is 7.72. The van der Waals surface area contributed by atoms with Gasteiger partial charge in [0.2, 0.25) is 0 Å². The van der Waals surface area contributed by atoms with E-state index in [1.807, 2.05) is 4.90 Å². The summed E-state index contributed by atoms with van der Waals surface area (Å²) in [7, 11) is 0. The first-order valence-corrected chi connectivity index (χ1v) is 15.9. The van der Waals surface area contributed by atoms with Crippen LogP contribution >= 0.6 is 11.6 Å². The fourth-order valence-corrected chi connectivity index (χ4v) is 5.62. The largest absolute Gasteiger partial charge is 0.444 e. The van der Waals surface area contributed by atoms with E-state index in [2.05, 4.69) is 16.0 Å². The molecule has 0 radical (unpaired) electrons. The lowest BCUT2D eigenvalue weighted by atomic mass is 10.1. The van der Waals surface area contributed by atoms with E-state index in [-0.39, 0.29) is 30.7 Å². The number of halogens is 5. The Labute approximate surface area is 276 Å². The van der Waals surface area contributed by atoms with Gasteiger partial charge in [0.15, 0.2) is 0 Å². The number of piperazine rings is 1. The second-order valence-corrected chi connectivity index (χ2v) is 13.2. The molecule has 4 rings (SSSR count). The lowest BCUT2D eigenvalue weighted by molar-refractivity contribution is -0.138. The lowest BCUT2D eigenvalue weighted by Crippen LogP contribution is -2.52. The molecule has 0 bridgehead atoms. The number of hydrogen-bond donors (Lipinski definition) is 3. The first-order chi connectivity index (χ1) is 22.1. The van der Waals surface area contributed by atoms with E-state index >= 15 is 4.39 Å². The number of amides is 4. The van der Waals surface area contributed by atoms with Gasteiger partial charge in [0.1, 0.15) is 11.4 Å². The Morgan fingerprint density at radius 2 is 1.72 bits per heavy atom. The Hall–Kier alpha value is -3.78. The molecule has 2 saturated heterocycles. The molecule has 0 spiro atoms. The van der Waals surface area contributed by atoms with Gasteiger partial charge in [-0.25, -0.2) is 14.0 Å². The summed E-state index contributed by atoms with van der Waals surface area (Å²) in [6.07, 6.45) is -4.24. The van der Waals surface area contributed by atoms with Crippen molar-refractivity contribution in [2.75, 3.05) is 56.0 Å². The van der Waals surface area contributed by atoms with Gasteiger partial charge in [0.25, 0.3) is 5.91 Å². The summed E-state index contributed by atoms with van der Waals surface area (Å²) in [4.78, 5) is 43.3. The van der Waals surface area contributed by atoms with E-state index in [1.54, 1.807) is 54.8 Å². The normalized spacial score (nSPS) is 17.7. The van der Waals surface area contributed by atoms with Crippen molar-refractivity contribution in [3.8, 4) is 0 Å². The highest BCUT2D eigenvalue weighted by molar-refractivity contribution is 6.31. The van der Waals surface area contributed by atoms with E-state index in [9.17, 15) is 27.6 Å². The number of carbonyl (C=O) groups excluding carboxylic acids is 3. The van der Waals surface area contributed by atoms with Gasteiger partial charge in [-0.3, -0.25) is 9.69 Å². The fourth-order valence-electron chi connectivity index (χ4n) is 5.45. The van der Waals surface area contributed by atoms with E-state index in [0.717, 1.165) is 0 Å². The summed E-state index contributed by atoms with van der Waals surface area (Å²) >= 11 is 6.22. The predicted molar refractivity (Wildman–Crippen MR) is 171 cm³/mol. The number of nitrogens with one attached hydrogen (secondary N) is 3. The first-order valence-electron chi connectivity index (χ1n) is 15.5. The Kier molecular flexibility index (Phi) is 11.8.